The molecular formula is C55H59ClN10O4S2. The van der Waals surface area contributed by atoms with Gasteiger partial charge in [0.25, 0.3) is 0 Å². The maximum absolute atomic E-state index is 14.5. The molecule has 14 nitrogen and oxygen atoms in total. The van der Waals surface area contributed by atoms with Crippen LogP contribution < -0.4 is 15.4 Å². The highest BCUT2D eigenvalue weighted by atomic mass is 35.5. The van der Waals surface area contributed by atoms with Crippen LogP contribution in [0, 0.1) is 39.5 Å². The van der Waals surface area contributed by atoms with E-state index < -0.39 is 18.1 Å². The number of nitrogens with one attached hydrogen (secondary N) is 2. The lowest BCUT2D eigenvalue weighted by molar-refractivity contribution is -0.142. The number of rotatable bonds is 14. The molecule has 372 valence electrons. The molecule has 72 heavy (non-hydrogen) atoms. The molecule has 1 aliphatic carbocycles. The summed E-state index contributed by atoms with van der Waals surface area (Å²) in [7, 11) is 0. The second-order valence-corrected chi connectivity index (χ2v) is 22.5. The number of fused-ring (bicyclic) bond motifs is 3. The van der Waals surface area contributed by atoms with E-state index in [1.165, 1.54) is 4.88 Å². The first-order valence-electron chi connectivity index (χ1n) is 24.7. The first-order valence-corrected chi connectivity index (χ1v) is 26.8. The van der Waals surface area contributed by atoms with Crippen molar-refractivity contribution in [1.82, 2.24) is 45.1 Å². The fourth-order valence-electron chi connectivity index (χ4n) is 10.3. The highest BCUT2D eigenvalue weighted by Crippen LogP contribution is 2.40. The molecule has 1 saturated heterocycles. The molecule has 4 aromatic heterocycles. The molecule has 0 bridgehead atoms. The Bertz CT molecular complexity index is 3180. The number of aromatic nitrogens is 6. The number of benzene rings is 3. The van der Waals surface area contributed by atoms with Crippen molar-refractivity contribution in [2.45, 2.75) is 117 Å². The highest BCUT2D eigenvalue weighted by molar-refractivity contribution is 7.15. The molecule has 6 heterocycles. The van der Waals surface area contributed by atoms with Crippen molar-refractivity contribution in [3.63, 3.8) is 0 Å². The molecule has 2 aliphatic heterocycles. The van der Waals surface area contributed by atoms with E-state index in [1.807, 2.05) is 107 Å². The lowest BCUT2D eigenvalue weighted by Crippen LogP contribution is -2.49. The highest BCUT2D eigenvalue weighted by Gasteiger charge is 2.42. The summed E-state index contributed by atoms with van der Waals surface area (Å²) < 4.78 is 10.2. The summed E-state index contributed by atoms with van der Waals surface area (Å²) >= 11 is 9.58. The van der Waals surface area contributed by atoms with Crippen molar-refractivity contribution in [3.05, 3.63) is 140 Å². The van der Waals surface area contributed by atoms with Gasteiger partial charge in [0, 0.05) is 58.2 Å². The maximum Gasteiger partial charge on any atom is 0.248 e. The average molecular weight is 1020 g/mol. The predicted octanol–water partition coefficient (Wildman–Crippen LogP) is 10.5. The van der Waals surface area contributed by atoms with Crippen LogP contribution in [0.5, 0.6) is 5.75 Å². The number of thiazole rings is 1. The topological polar surface area (TPSA) is 162 Å². The second-order valence-electron chi connectivity index (χ2n) is 20.0. The summed E-state index contributed by atoms with van der Waals surface area (Å²) in [5.74, 6) is 1.79. The van der Waals surface area contributed by atoms with Gasteiger partial charge in [-0.1, -0.05) is 80.9 Å². The number of halogens is 1. The van der Waals surface area contributed by atoms with E-state index in [0.717, 1.165) is 66.1 Å². The molecule has 17 heteroatoms. The number of thiophene rings is 1. The van der Waals surface area contributed by atoms with Gasteiger partial charge in [-0.2, -0.15) is 5.10 Å². The number of nitrogens with zero attached hydrogens (tertiary/aromatic N) is 8. The molecule has 0 spiro atoms. The number of carbonyl (C=O) groups excluding carboxylic acids is 3. The van der Waals surface area contributed by atoms with Crippen LogP contribution in [0.2, 0.25) is 5.02 Å². The Kier molecular flexibility index (Phi) is 13.8. The molecule has 3 amide bonds. The van der Waals surface area contributed by atoms with Crippen LogP contribution in [0.15, 0.2) is 95.7 Å². The van der Waals surface area contributed by atoms with Gasteiger partial charge in [0.15, 0.2) is 5.82 Å². The summed E-state index contributed by atoms with van der Waals surface area (Å²) in [5.41, 5.74) is 10.6. The van der Waals surface area contributed by atoms with E-state index in [2.05, 4.69) is 63.3 Å². The molecule has 1 saturated carbocycles. The monoisotopic (exact) mass is 1020 g/mol. The Morgan fingerprint density at radius 1 is 0.903 bits per heavy atom. The largest absolute Gasteiger partial charge is 0.490 e. The molecule has 0 unspecified atom stereocenters. The van der Waals surface area contributed by atoms with Gasteiger partial charge in [-0.3, -0.25) is 28.6 Å². The second kappa shape index (κ2) is 20.2. The normalized spacial score (nSPS) is 20.2. The van der Waals surface area contributed by atoms with Gasteiger partial charge in [-0.05, 0) is 99.4 Å². The number of aryl methyl sites for hydroxylation is 3. The molecule has 2 N–H and O–H groups in total. The number of carbonyl (C=O) groups is 3. The zero-order valence-corrected chi connectivity index (χ0v) is 44.1. The Balaban J connectivity index is 0.762. The summed E-state index contributed by atoms with van der Waals surface area (Å²) in [5, 5.41) is 21.8. The van der Waals surface area contributed by atoms with Crippen molar-refractivity contribution in [2.75, 3.05) is 6.54 Å². The standard InChI is InChI=1S/C55H59ClN10O4S2/c1-29(2)50(54(69)64-26-30(3)20-46(64)53(68)59-32(5)36-12-14-38(15-13-36)51-33(6)57-28-71-51)65-27-40(25-58-65)39-10-9-11-43(21-39)70-44-22-42(23-44)60-47(67)24-45-52-63-62-35(8)66(52)55-48(31(4)34(7)72-55)49(61-45)37-16-18-41(56)19-17-37/h9-19,21,25,27-30,32,42,44-46,50H,20,22-24,26H2,1-8H3,(H,59,68)(H,60,67)/t30-,32+,42-,44+,45+,46+,50-/m1/s1. The first-order chi connectivity index (χ1) is 34.6. The van der Waals surface area contributed by atoms with E-state index in [0.29, 0.717) is 42.4 Å². The molecule has 3 aliphatic rings. The molecular weight excluding hydrogens is 964 g/mol. The smallest absolute Gasteiger partial charge is 0.248 e. The van der Waals surface area contributed by atoms with Crippen LogP contribution in [0.4, 0.5) is 0 Å². The zero-order valence-electron chi connectivity index (χ0n) is 41.7. The maximum atomic E-state index is 14.5. The third kappa shape index (κ3) is 9.75. The van der Waals surface area contributed by atoms with E-state index >= 15 is 0 Å². The fraction of sp³-hybridized carbons (Fsp3) is 0.382. The quantitative estimate of drug-likeness (QED) is 0.109. The number of amides is 3. The Morgan fingerprint density at radius 3 is 2.38 bits per heavy atom. The molecule has 2 fully saturated rings. The number of aliphatic imine (C=N–C) groups is 1. The lowest BCUT2D eigenvalue weighted by Gasteiger charge is -2.36. The number of hydrogen-bond donors (Lipinski definition) is 2. The van der Waals surface area contributed by atoms with E-state index in [1.54, 1.807) is 38.5 Å². The Morgan fingerprint density at radius 2 is 1.65 bits per heavy atom. The van der Waals surface area contributed by atoms with Crippen LogP contribution >= 0.6 is 34.3 Å². The van der Waals surface area contributed by atoms with Gasteiger partial charge in [-0.25, -0.2) is 4.98 Å². The summed E-state index contributed by atoms with van der Waals surface area (Å²) in [6.45, 7) is 16.7. The van der Waals surface area contributed by atoms with Crippen molar-refractivity contribution in [3.8, 4) is 32.3 Å². The third-order valence-corrected chi connectivity index (χ3v) is 16.7. The van der Waals surface area contributed by atoms with Crippen LogP contribution in [0.3, 0.4) is 0 Å². The van der Waals surface area contributed by atoms with Gasteiger partial charge < -0.3 is 20.3 Å². The van der Waals surface area contributed by atoms with Gasteiger partial charge >= 0.3 is 0 Å². The van der Waals surface area contributed by atoms with Crippen LogP contribution in [-0.2, 0) is 14.4 Å². The molecule has 7 aromatic rings. The molecule has 5 atom stereocenters. The first kappa shape index (κ1) is 49.1. The number of hydrogen-bond acceptors (Lipinski definition) is 11. The van der Waals surface area contributed by atoms with Crippen LogP contribution in [-0.4, -0.2) is 82.6 Å². The minimum absolute atomic E-state index is 0.0460. The van der Waals surface area contributed by atoms with Crippen molar-refractivity contribution in [2.24, 2.45) is 16.8 Å². The Hall–Kier alpha value is -6.49. The Labute approximate surface area is 432 Å². The van der Waals surface area contributed by atoms with E-state index in [4.69, 9.17) is 26.4 Å². The van der Waals surface area contributed by atoms with Gasteiger partial charge in [0.2, 0.25) is 17.7 Å². The predicted molar refractivity (Wildman–Crippen MR) is 283 cm³/mol. The van der Waals surface area contributed by atoms with E-state index in [-0.39, 0.29) is 54.2 Å². The summed E-state index contributed by atoms with van der Waals surface area (Å²) in [4.78, 5) is 56.0. The van der Waals surface area contributed by atoms with Gasteiger partial charge in [-0.15, -0.1) is 32.9 Å². The van der Waals surface area contributed by atoms with Crippen LogP contribution in [0.1, 0.15) is 116 Å². The van der Waals surface area contributed by atoms with Crippen molar-refractivity contribution in [1.29, 1.82) is 0 Å². The number of likely N-dealkylation sites (tertiary alicyclic amines) is 1. The fourth-order valence-corrected chi connectivity index (χ4v) is 12.4. The van der Waals surface area contributed by atoms with Crippen molar-refractivity contribution < 1.29 is 19.1 Å². The summed E-state index contributed by atoms with van der Waals surface area (Å²) in [6, 6.07) is 21.7. The molecule has 10 rings (SSSR count). The van der Waals surface area contributed by atoms with Gasteiger partial charge in [0.1, 0.15) is 40.8 Å². The molecule has 3 aromatic carbocycles. The van der Waals surface area contributed by atoms with Crippen LogP contribution in [0.25, 0.3) is 26.6 Å². The zero-order chi connectivity index (χ0) is 50.5. The van der Waals surface area contributed by atoms with E-state index in [9.17, 15) is 14.4 Å². The number of ether oxygens (including phenoxy) is 1. The summed E-state index contributed by atoms with van der Waals surface area (Å²) in [6.07, 6.45) is 5.63. The van der Waals surface area contributed by atoms with Crippen molar-refractivity contribution >= 4 is 57.7 Å². The minimum atomic E-state index is -0.606. The van der Waals surface area contributed by atoms with Gasteiger partial charge in [0.05, 0.1) is 40.5 Å². The lowest BCUT2D eigenvalue weighted by atomic mass is 9.89. The third-order valence-electron chi connectivity index (χ3n) is 14.3. The SMILES string of the molecule is Cc1ncsc1-c1ccc([C@H](C)NC(=O)[C@@H]2C[C@@H](C)CN2C(=O)[C@@H](C(C)C)n2cc(-c3cccc(O[C@H]4C[C@@H](NC(=O)C[C@@H]5N=C(c6ccc(Cl)cc6)c6c(sc(C)c6C)-n6c(C)nnc65)C4)c3)cn2)cc1. The molecule has 0 radical (unpaired) electrons. The average Bonchev–Trinajstić information content (AvgIpc) is 4.19. The minimum Gasteiger partial charge on any atom is -0.490 e.